The highest BCUT2D eigenvalue weighted by molar-refractivity contribution is 7.91. The molecule has 0 spiro atoms. The minimum absolute atomic E-state index is 0.0912. The Balaban J connectivity index is 2.82. The number of carbonyl (C=O) groups excluding carboxylic acids is 2. The Morgan fingerprint density at radius 3 is 2.46 bits per heavy atom. The van der Waals surface area contributed by atoms with E-state index in [1.807, 2.05) is 0 Å². The topological polar surface area (TPSA) is 130 Å². The van der Waals surface area contributed by atoms with Crippen LogP contribution in [0.15, 0.2) is 24.3 Å². The molecule has 9 heteroatoms. The zero-order valence-electron chi connectivity index (χ0n) is 13.4. The summed E-state index contributed by atoms with van der Waals surface area (Å²) in [5, 5.41) is 14.0. The van der Waals surface area contributed by atoms with Gasteiger partial charge in [-0.15, -0.1) is 0 Å². The van der Waals surface area contributed by atoms with Crippen LogP contribution in [0, 0.1) is 0 Å². The molecule has 8 nitrogen and oxygen atoms in total. The zero-order chi connectivity index (χ0) is 18.3. The fourth-order valence-electron chi connectivity index (χ4n) is 1.88. The molecule has 1 aromatic rings. The van der Waals surface area contributed by atoms with Crippen molar-refractivity contribution in [2.45, 2.75) is 26.3 Å². The van der Waals surface area contributed by atoms with E-state index in [1.165, 1.54) is 32.0 Å². The summed E-state index contributed by atoms with van der Waals surface area (Å²) in [6.07, 6.45) is -0.220. The van der Waals surface area contributed by atoms with E-state index in [4.69, 9.17) is 5.11 Å². The summed E-state index contributed by atoms with van der Waals surface area (Å²) in [5.41, 5.74) is 0.557. The molecule has 1 aromatic carbocycles. The van der Waals surface area contributed by atoms with Gasteiger partial charge in [-0.05, 0) is 24.6 Å². The summed E-state index contributed by atoms with van der Waals surface area (Å²) in [5.74, 6) is -2.70. The largest absolute Gasteiger partial charge is 0.480 e. The van der Waals surface area contributed by atoms with Crippen molar-refractivity contribution in [2.75, 3.05) is 16.8 Å². The minimum atomic E-state index is -3.33. The summed E-state index contributed by atoms with van der Waals surface area (Å²) >= 11 is 0. The number of carbonyl (C=O) groups is 3. The van der Waals surface area contributed by atoms with E-state index < -0.39 is 27.8 Å². The SMILES string of the molecule is CCS(=O)(=O)CCC(NC(=O)c1cccc(NC(C)=O)c1)C(=O)O. The molecule has 1 rings (SSSR count). The molecule has 0 aliphatic heterocycles. The fourth-order valence-corrected chi connectivity index (χ4v) is 2.77. The molecule has 1 unspecified atom stereocenters. The van der Waals surface area contributed by atoms with E-state index in [0.717, 1.165) is 0 Å². The quantitative estimate of drug-likeness (QED) is 0.627. The van der Waals surface area contributed by atoms with Gasteiger partial charge >= 0.3 is 5.97 Å². The van der Waals surface area contributed by atoms with Crippen LogP contribution in [-0.4, -0.2) is 48.9 Å². The Kier molecular flexibility index (Phi) is 6.90. The van der Waals surface area contributed by atoms with Gasteiger partial charge in [0, 0.05) is 23.9 Å². The van der Waals surface area contributed by atoms with E-state index in [2.05, 4.69) is 10.6 Å². The number of carboxylic acid groups (broad SMARTS) is 1. The van der Waals surface area contributed by atoms with Crippen molar-refractivity contribution in [3.8, 4) is 0 Å². The lowest BCUT2D eigenvalue weighted by atomic mass is 10.1. The number of rotatable bonds is 8. The molecule has 0 aromatic heterocycles. The van der Waals surface area contributed by atoms with Crippen LogP contribution >= 0.6 is 0 Å². The number of amides is 2. The summed E-state index contributed by atoms with van der Waals surface area (Å²) < 4.78 is 23.0. The summed E-state index contributed by atoms with van der Waals surface area (Å²) in [6.45, 7) is 2.79. The molecule has 0 bridgehead atoms. The van der Waals surface area contributed by atoms with Crippen LogP contribution in [0.3, 0.4) is 0 Å². The lowest BCUT2D eigenvalue weighted by molar-refractivity contribution is -0.139. The Morgan fingerprint density at radius 2 is 1.92 bits per heavy atom. The highest BCUT2D eigenvalue weighted by Crippen LogP contribution is 2.11. The van der Waals surface area contributed by atoms with Crippen molar-refractivity contribution in [3.63, 3.8) is 0 Å². The van der Waals surface area contributed by atoms with Gasteiger partial charge in [-0.25, -0.2) is 13.2 Å². The number of hydrogen-bond acceptors (Lipinski definition) is 5. The molecule has 132 valence electrons. The highest BCUT2D eigenvalue weighted by atomic mass is 32.2. The van der Waals surface area contributed by atoms with Crippen molar-refractivity contribution >= 4 is 33.3 Å². The molecule has 1 atom stereocenters. The Morgan fingerprint density at radius 1 is 1.25 bits per heavy atom. The second-order valence-corrected chi connectivity index (χ2v) is 7.62. The van der Waals surface area contributed by atoms with E-state index >= 15 is 0 Å². The third-order valence-corrected chi connectivity index (χ3v) is 4.94. The van der Waals surface area contributed by atoms with Gasteiger partial charge in [0.15, 0.2) is 0 Å². The Bertz CT molecular complexity index is 729. The van der Waals surface area contributed by atoms with Crippen molar-refractivity contribution < 1.29 is 27.9 Å². The lowest BCUT2D eigenvalue weighted by Crippen LogP contribution is -2.42. The van der Waals surface area contributed by atoms with Gasteiger partial charge in [0.2, 0.25) is 5.91 Å². The molecule has 0 saturated heterocycles. The van der Waals surface area contributed by atoms with Crippen LogP contribution < -0.4 is 10.6 Å². The van der Waals surface area contributed by atoms with Crippen molar-refractivity contribution in [1.82, 2.24) is 5.32 Å². The standard InChI is InChI=1S/C15H20N2O6S/c1-3-24(22,23)8-7-13(15(20)21)17-14(19)11-5-4-6-12(9-11)16-10(2)18/h4-6,9,13H,3,7-8H2,1-2H3,(H,16,18)(H,17,19)(H,20,21). The van der Waals surface area contributed by atoms with Gasteiger partial charge in [-0.2, -0.15) is 0 Å². The molecule has 24 heavy (non-hydrogen) atoms. The predicted octanol–water partition coefficient (Wildman–Crippen LogP) is 0.653. The number of nitrogens with one attached hydrogen (secondary N) is 2. The second-order valence-electron chi connectivity index (χ2n) is 5.15. The lowest BCUT2D eigenvalue weighted by Gasteiger charge is -2.15. The van der Waals surface area contributed by atoms with E-state index in [-0.39, 0.29) is 29.4 Å². The first-order valence-electron chi connectivity index (χ1n) is 7.26. The maximum Gasteiger partial charge on any atom is 0.326 e. The van der Waals surface area contributed by atoms with Gasteiger partial charge in [-0.1, -0.05) is 13.0 Å². The highest BCUT2D eigenvalue weighted by Gasteiger charge is 2.23. The van der Waals surface area contributed by atoms with Crippen LogP contribution in [0.4, 0.5) is 5.69 Å². The van der Waals surface area contributed by atoms with Crippen molar-refractivity contribution in [3.05, 3.63) is 29.8 Å². The van der Waals surface area contributed by atoms with Crippen LogP contribution in [0.5, 0.6) is 0 Å². The third-order valence-electron chi connectivity index (χ3n) is 3.21. The first-order valence-corrected chi connectivity index (χ1v) is 9.08. The first kappa shape index (κ1) is 19.6. The number of aliphatic carboxylic acids is 1. The number of sulfone groups is 1. The zero-order valence-corrected chi connectivity index (χ0v) is 14.2. The van der Waals surface area contributed by atoms with Crippen LogP contribution in [0.1, 0.15) is 30.6 Å². The molecule has 0 saturated carbocycles. The third kappa shape index (κ3) is 6.37. The maximum absolute atomic E-state index is 12.2. The Labute approximate surface area is 140 Å². The monoisotopic (exact) mass is 356 g/mol. The molecule has 0 heterocycles. The normalized spacial score (nSPS) is 12.2. The molecular weight excluding hydrogens is 336 g/mol. The summed E-state index contributed by atoms with van der Waals surface area (Å²) in [4.78, 5) is 34.4. The maximum atomic E-state index is 12.2. The Hall–Kier alpha value is -2.42. The fraction of sp³-hybridized carbons (Fsp3) is 0.400. The van der Waals surface area contributed by atoms with Crippen molar-refractivity contribution in [2.24, 2.45) is 0 Å². The summed E-state index contributed by atoms with van der Waals surface area (Å²) in [7, 11) is -3.33. The van der Waals surface area contributed by atoms with Crippen LogP contribution in [0.25, 0.3) is 0 Å². The smallest absolute Gasteiger partial charge is 0.326 e. The van der Waals surface area contributed by atoms with Crippen LogP contribution in [-0.2, 0) is 19.4 Å². The minimum Gasteiger partial charge on any atom is -0.480 e. The molecule has 0 radical (unpaired) electrons. The van der Waals surface area contributed by atoms with Gasteiger partial charge < -0.3 is 15.7 Å². The first-order chi connectivity index (χ1) is 11.1. The van der Waals surface area contributed by atoms with Gasteiger partial charge in [0.1, 0.15) is 15.9 Å². The van der Waals surface area contributed by atoms with Gasteiger partial charge in [-0.3, -0.25) is 9.59 Å². The average molecular weight is 356 g/mol. The van der Waals surface area contributed by atoms with Gasteiger partial charge in [0.25, 0.3) is 5.91 Å². The molecule has 2 amide bonds. The molecule has 0 fully saturated rings. The number of anilines is 1. The number of carboxylic acids is 1. The van der Waals surface area contributed by atoms with Gasteiger partial charge in [0.05, 0.1) is 5.75 Å². The average Bonchev–Trinajstić information content (AvgIpc) is 2.50. The van der Waals surface area contributed by atoms with Crippen LogP contribution in [0.2, 0.25) is 0 Å². The van der Waals surface area contributed by atoms with E-state index in [0.29, 0.717) is 5.69 Å². The predicted molar refractivity (Wildman–Crippen MR) is 88.6 cm³/mol. The molecular formula is C15H20N2O6S. The van der Waals surface area contributed by atoms with E-state index in [1.54, 1.807) is 6.07 Å². The summed E-state index contributed by atoms with van der Waals surface area (Å²) in [6, 6.07) is 4.67. The molecule has 3 N–H and O–H groups in total. The molecule has 0 aliphatic carbocycles. The number of benzene rings is 1. The van der Waals surface area contributed by atoms with E-state index in [9.17, 15) is 22.8 Å². The molecule has 0 aliphatic rings. The van der Waals surface area contributed by atoms with Crippen molar-refractivity contribution in [1.29, 1.82) is 0 Å². The second kappa shape index (κ2) is 8.44. The number of hydrogen-bond donors (Lipinski definition) is 3.